The molecule has 0 unspecified atom stereocenters. The highest BCUT2D eigenvalue weighted by atomic mass is 79.9. The van der Waals surface area contributed by atoms with Crippen molar-refractivity contribution in [2.24, 2.45) is 0 Å². The van der Waals surface area contributed by atoms with Crippen molar-refractivity contribution in [2.75, 3.05) is 10.6 Å². The molecule has 0 aliphatic heterocycles. The highest BCUT2D eigenvalue weighted by Crippen LogP contribution is 2.21. The number of halogens is 1. The molecule has 1 heterocycles. The highest BCUT2D eigenvalue weighted by molar-refractivity contribution is 9.10. The molecule has 0 aliphatic rings. The lowest BCUT2D eigenvalue weighted by Crippen LogP contribution is -2.15. The molecular weight excluding hydrogens is 388 g/mol. The van der Waals surface area contributed by atoms with Gasteiger partial charge in [0.25, 0.3) is 5.91 Å². The molecule has 9 heteroatoms. The quantitative estimate of drug-likeness (QED) is 0.700. The molecule has 2 aromatic carbocycles. The second-order valence-electron chi connectivity index (χ2n) is 5.13. The van der Waals surface area contributed by atoms with E-state index in [1.54, 1.807) is 42.5 Å². The number of hydrogen-bond acceptors (Lipinski definition) is 5. The first-order valence-electron chi connectivity index (χ1n) is 7.25. The van der Waals surface area contributed by atoms with Crippen LogP contribution in [0.4, 0.5) is 11.4 Å². The van der Waals surface area contributed by atoms with Crippen LogP contribution in [-0.4, -0.2) is 32.0 Å². The number of carbonyl (C=O) groups is 2. The van der Waals surface area contributed by atoms with E-state index in [9.17, 15) is 9.59 Å². The number of benzene rings is 2. The van der Waals surface area contributed by atoms with Gasteiger partial charge in [-0.1, -0.05) is 15.9 Å². The molecule has 2 amide bonds. The molecular formula is C16H13BrN6O2. The molecule has 3 aromatic rings. The Bertz CT molecular complexity index is 909. The molecule has 126 valence electrons. The Morgan fingerprint density at radius 3 is 2.32 bits per heavy atom. The van der Waals surface area contributed by atoms with Crippen LogP contribution in [0.3, 0.4) is 0 Å². The van der Waals surface area contributed by atoms with Crippen LogP contribution in [-0.2, 0) is 4.79 Å². The van der Waals surface area contributed by atoms with Gasteiger partial charge in [0.2, 0.25) is 5.91 Å². The van der Waals surface area contributed by atoms with Gasteiger partial charge in [-0.05, 0) is 52.9 Å². The number of carbonyl (C=O) groups excluding carboxylic acids is 2. The van der Waals surface area contributed by atoms with E-state index in [1.807, 2.05) is 0 Å². The normalized spacial score (nSPS) is 10.3. The first-order chi connectivity index (χ1) is 12.0. The van der Waals surface area contributed by atoms with Crippen LogP contribution in [0.15, 0.2) is 53.3 Å². The van der Waals surface area contributed by atoms with Gasteiger partial charge in [0.15, 0.2) is 0 Å². The fraction of sp³-hybridized carbons (Fsp3) is 0.0625. The van der Waals surface area contributed by atoms with Gasteiger partial charge in [-0.2, -0.15) is 4.68 Å². The largest absolute Gasteiger partial charge is 0.326 e. The molecule has 25 heavy (non-hydrogen) atoms. The van der Waals surface area contributed by atoms with Crippen LogP contribution >= 0.6 is 15.9 Å². The number of rotatable bonds is 4. The summed E-state index contributed by atoms with van der Waals surface area (Å²) in [4.78, 5) is 23.7. The average molecular weight is 401 g/mol. The average Bonchev–Trinajstić information content (AvgIpc) is 3.10. The first kappa shape index (κ1) is 16.8. The van der Waals surface area contributed by atoms with Crippen molar-refractivity contribution < 1.29 is 9.59 Å². The van der Waals surface area contributed by atoms with Crippen LogP contribution < -0.4 is 10.6 Å². The zero-order chi connectivity index (χ0) is 17.8. The second kappa shape index (κ2) is 7.22. The van der Waals surface area contributed by atoms with Crippen LogP contribution in [0.5, 0.6) is 0 Å². The molecule has 0 spiro atoms. The minimum Gasteiger partial charge on any atom is -0.326 e. The van der Waals surface area contributed by atoms with Crippen molar-refractivity contribution in [1.82, 2.24) is 20.2 Å². The maximum Gasteiger partial charge on any atom is 0.257 e. The molecule has 8 nitrogen and oxygen atoms in total. The Morgan fingerprint density at radius 1 is 1.04 bits per heavy atom. The van der Waals surface area contributed by atoms with Gasteiger partial charge in [-0.25, -0.2) is 0 Å². The second-order valence-corrected chi connectivity index (χ2v) is 6.04. The molecule has 0 saturated carbocycles. The third-order valence-corrected chi connectivity index (χ3v) is 3.76. The molecule has 3 rings (SSSR count). The maximum absolute atomic E-state index is 12.7. The van der Waals surface area contributed by atoms with E-state index < -0.39 is 0 Å². The first-order valence-corrected chi connectivity index (χ1v) is 8.04. The van der Waals surface area contributed by atoms with Crippen molar-refractivity contribution in [3.63, 3.8) is 0 Å². The number of nitrogens with one attached hydrogen (secondary N) is 2. The lowest BCUT2D eigenvalue weighted by molar-refractivity contribution is -0.114. The Labute approximate surface area is 151 Å². The predicted octanol–water partition coefficient (Wildman–Crippen LogP) is 2.64. The number of anilines is 2. The van der Waals surface area contributed by atoms with Crippen LogP contribution in [0.2, 0.25) is 0 Å². The van der Waals surface area contributed by atoms with E-state index in [1.165, 1.54) is 17.9 Å². The van der Waals surface area contributed by atoms with E-state index in [4.69, 9.17) is 0 Å². The zero-order valence-electron chi connectivity index (χ0n) is 13.1. The number of hydrogen-bond donors (Lipinski definition) is 2. The van der Waals surface area contributed by atoms with E-state index >= 15 is 0 Å². The van der Waals surface area contributed by atoms with Crippen molar-refractivity contribution in [3.8, 4) is 5.69 Å². The van der Waals surface area contributed by atoms with Gasteiger partial charge in [-0.3, -0.25) is 9.59 Å². The summed E-state index contributed by atoms with van der Waals surface area (Å²) in [7, 11) is 0. The Balaban J connectivity index is 1.84. The number of nitrogens with zero attached hydrogens (tertiary/aromatic N) is 4. The summed E-state index contributed by atoms with van der Waals surface area (Å²) < 4.78 is 2.18. The lowest BCUT2D eigenvalue weighted by Gasteiger charge is -2.11. The topological polar surface area (TPSA) is 102 Å². The van der Waals surface area contributed by atoms with E-state index in [0.29, 0.717) is 22.6 Å². The summed E-state index contributed by atoms with van der Waals surface area (Å²) >= 11 is 3.36. The summed E-state index contributed by atoms with van der Waals surface area (Å²) in [6, 6.07) is 12.1. The van der Waals surface area contributed by atoms with Crippen molar-refractivity contribution >= 4 is 39.1 Å². The number of amides is 2. The molecule has 2 N–H and O–H groups in total. The van der Waals surface area contributed by atoms with E-state index in [2.05, 4.69) is 42.1 Å². The molecule has 0 atom stereocenters. The standard InChI is InChI=1S/C16H13BrN6O2/c1-10(24)19-12-3-5-13(6-4-12)20-16(25)14-8-11(17)2-7-15(14)23-9-18-21-22-23/h2-9H,1H3,(H,19,24)(H,20,25). The summed E-state index contributed by atoms with van der Waals surface area (Å²) in [5.74, 6) is -0.462. The third kappa shape index (κ3) is 4.07. The SMILES string of the molecule is CC(=O)Nc1ccc(NC(=O)c2cc(Br)ccc2-n2cnnn2)cc1. The summed E-state index contributed by atoms with van der Waals surface area (Å²) in [6.45, 7) is 1.43. The molecule has 0 radical (unpaired) electrons. The van der Waals surface area contributed by atoms with Crippen LogP contribution in [0.1, 0.15) is 17.3 Å². The molecule has 0 saturated heterocycles. The molecule has 0 aliphatic carbocycles. The summed E-state index contributed by atoms with van der Waals surface area (Å²) in [5, 5.41) is 16.5. The monoisotopic (exact) mass is 400 g/mol. The number of tetrazole rings is 1. The molecule has 1 aromatic heterocycles. The minimum atomic E-state index is -0.306. The summed E-state index contributed by atoms with van der Waals surface area (Å²) in [6.07, 6.45) is 1.42. The Morgan fingerprint density at radius 2 is 1.72 bits per heavy atom. The Hall–Kier alpha value is -3.07. The highest BCUT2D eigenvalue weighted by Gasteiger charge is 2.15. The van der Waals surface area contributed by atoms with Gasteiger partial charge in [0.1, 0.15) is 6.33 Å². The van der Waals surface area contributed by atoms with Crippen molar-refractivity contribution in [3.05, 3.63) is 58.8 Å². The van der Waals surface area contributed by atoms with Gasteiger partial charge < -0.3 is 10.6 Å². The smallest absolute Gasteiger partial charge is 0.257 e. The van der Waals surface area contributed by atoms with Crippen LogP contribution in [0, 0.1) is 0 Å². The van der Waals surface area contributed by atoms with Gasteiger partial charge in [0, 0.05) is 22.8 Å². The fourth-order valence-corrected chi connectivity index (χ4v) is 2.56. The van der Waals surface area contributed by atoms with E-state index in [0.717, 1.165) is 4.47 Å². The summed E-state index contributed by atoms with van der Waals surface area (Å²) in [5.41, 5.74) is 2.22. The maximum atomic E-state index is 12.7. The third-order valence-electron chi connectivity index (χ3n) is 3.26. The lowest BCUT2D eigenvalue weighted by atomic mass is 10.1. The van der Waals surface area contributed by atoms with Gasteiger partial charge in [0.05, 0.1) is 11.3 Å². The van der Waals surface area contributed by atoms with Gasteiger partial charge >= 0.3 is 0 Å². The Kier molecular flexibility index (Phi) is 4.85. The van der Waals surface area contributed by atoms with E-state index in [-0.39, 0.29) is 11.8 Å². The van der Waals surface area contributed by atoms with Crippen molar-refractivity contribution in [2.45, 2.75) is 6.92 Å². The molecule has 0 fully saturated rings. The van der Waals surface area contributed by atoms with Crippen molar-refractivity contribution in [1.29, 1.82) is 0 Å². The zero-order valence-corrected chi connectivity index (χ0v) is 14.7. The predicted molar refractivity (Wildman–Crippen MR) is 95.6 cm³/mol. The molecule has 0 bridgehead atoms. The van der Waals surface area contributed by atoms with Crippen LogP contribution in [0.25, 0.3) is 5.69 Å². The minimum absolute atomic E-state index is 0.156. The number of aromatic nitrogens is 4. The fourth-order valence-electron chi connectivity index (χ4n) is 2.20. The van der Waals surface area contributed by atoms with Gasteiger partial charge in [-0.15, -0.1) is 5.10 Å².